The van der Waals surface area contributed by atoms with Crippen LogP contribution in [0.5, 0.6) is 0 Å². The molecule has 5 heterocycles. The molecule has 36 heavy (non-hydrogen) atoms. The first kappa shape index (κ1) is 21.7. The lowest BCUT2D eigenvalue weighted by molar-refractivity contribution is -0.119. The number of anilines is 2. The Balaban J connectivity index is 1.49. The number of nitrogens with zero attached hydrogens (tertiary/aromatic N) is 6. The molecule has 0 spiro atoms. The monoisotopic (exact) mass is 484 g/mol. The van der Waals surface area contributed by atoms with E-state index >= 15 is 0 Å². The molecule has 6 rings (SSSR count). The minimum atomic E-state index is -1.22. The Kier molecular flexibility index (Phi) is 4.75. The van der Waals surface area contributed by atoms with E-state index in [4.69, 9.17) is 5.73 Å². The molecule has 5 aromatic rings. The molecule has 178 valence electrons. The molecule has 0 aliphatic carbocycles. The molecule has 0 radical (unpaired) electrons. The Bertz CT molecular complexity index is 1670. The summed E-state index contributed by atoms with van der Waals surface area (Å²) < 4.78 is 29.9. The van der Waals surface area contributed by atoms with Crippen molar-refractivity contribution in [2.24, 2.45) is 0 Å². The molecule has 1 aromatic carbocycles. The summed E-state index contributed by atoms with van der Waals surface area (Å²) in [7, 11) is 0. The van der Waals surface area contributed by atoms with Crippen LogP contribution in [-0.2, 0) is 16.6 Å². The molecule has 11 heteroatoms. The van der Waals surface area contributed by atoms with Crippen molar-refractivity contribution in [2.75, 3.05) is 11.1 Å². The van der Waals surface area contributed by atoms with Crippen LogP contribution in [-0.4, -0.2) is 35.2 Å². The molecule has 1 unspecified atom stereocenters. The summed E-state index contributed by atoms with van der Waals surface area (Å²) in [6.07, 6.45) is 6.32. The van der Waals surface area contributed by atoms with Crippen molar-refractivity contribution >= 4 is 23.1 Å². The van der Waals surface area contributed by atoms with Crippen molar-refractivity contribution in [1.29, 1.82) is 0 Å². The number of aromatic nitrogens is 6. The van der Waals surface area contributed by atoms with Gasteiger partial charge in [-0.05, 0) is 30.7 Å². The molecule has 1 atom stereocenters. The molecule has 4 aromatic heterocycles. The normalized spacial score (nSPS) is 16.8. The number of fused-ring (bicyclic) bond motifs is 2. The zero-order chi connectivity index (χ0) is 25.0. The number of pyridine rings is 1. The van der Waals surface area contributed by atoms with E-state index in [0.717, 1.165) is 6.07 Å². The van der Waals surface area contributed by atoms with Gasteiger partial charge in [0.2, 0.25) is 5.91 Å². The summed E-state index contributed by atoms with van der Waals surface area (Å²) in [6.45, 7) is 1.69. The van der Waals surface area contributed by atoms with Gasteiger partial charge in [0.25, 0.3) is 0 Å². The molecule has 1 aliphatic heterocycles. The number of rotatable bonds is 4. The zero-order valence-corrected chi connectivity index (χ0v) is 18.9. The Morgan fingerprint density at radius 3 is 2.75 bits per heavy atom. The SMILES string of the molecule is CC1(c2cnccn2)C(=O)Nc2nc(-c3nc(Cc4cccc(F)c4F)n4ccccc34)nc(N)c21. The summed E-state index contributed by atoms with van der Waals surface area (Å²) in [4.78, 5) is 35.1. The van der Waals surface area contributed by atoms with Gasteiger partial charge in [0.15, 0.2) is 17.5 Å². The fourth-order valence-electron chi connectivity index (χ4n) is 4.56. The number of nitrogens with one attached hydrogen (secondary N) is 1. The number of hydrogen-bond acceptors (Lipinski definition) is 7. The van der Waals surface area contributed by atoms with E-state index in [0.29, 0.717) is 28.3 Å². The Morgan fingerprint density at radius 2 is 1.94 bits per heavy atom. The number of nitrogen functional groups attached to an aromatic ring is 1. The molecule has 1 aliphatic rings. The molecule has 9 nitrogen and oxygen atoms in total. The second kappa shape index (κ2) is 7.87. The number of hydrogen-bond donors (Lipinski definition) is 2. The van der Waals surface area contributed by atoms with Gasteiger partial charge in [-0.1, -0.05) is 18.2 Å². The van der Waals surface area contributed by atoms with E-state index < -0.39 is 17.0 Å². The maximum Gasteiger partial charge on any atom is 0.242 e. The van der Waals surface area contributed by atoms with Crippen molar-refractivity contribution in [3.63, 3.8) is 0 Å². The summed E-state index contributed by atoms with van der Waals surface area (Å²) >= 11 is 0. The van der Waals surface area contributed by atoms with E-state index in [2.05, 4.69) is 30.2 Å². The average molecular weight is 484 g/mol. The van der Waals surface area contributed by atoms with Crippen LogP contribution in [0.2, 0.25) is 0 Å². The van der Waals surface area contributed by atoms with Gasteiger partial charge in [-0.25, -0.2) is 23.7 Å². The quantitative estimate of drug-likeness (QED) is 0.401. The lowest BCUT2D eigenvalue weighted by Crippen LogP contribution is -2.34. The number of carbonyl (C=O) groups excluding carboxylic acids is 1. The summed E-state index contributed by atoms with van der Waals surface area (Å²) in [5.74, 6) is -1.21. The standard InChI is InChI=1S/C25H18F2N8O/c1-25(16-12-29-8-9-30-16)18-21(28)32-23(33-22(18)34-24(25)36)20-15-7-2-3-10-35(15)17(31-20)11-13-5-4-6-14(26)19(13)27/h2-10,12H,11H2,1H3,(H3,28,32,33,34,36). The molecule has 0 bridgehead atoms. The van der Waals surface area contributed by atoms with Crippen LogP contribution in [0, 0.1) is 11.6 Å². The van der Waals surface area contributed by atoms with Crippen LogP contribution in [0.25, 0.3) is 17.0 Å². The van der Waals surface area contributed by atoms with Gasteiger partial charge in [0, 0.05) is 31.2 Å². The van der Waals surface area contributed by atoms with Gasteiger partial charge in [0.05, 0.1) is 16.8 Å². The van der Waals surface area contributed by atoms with Crippen LogP contribution >= 0.6 is 0 Å². The molecular formula is C25H18F2N8O. The smallest absolute Gasteiger partial charge is 0.242 e. The van der Waals surface area contributed by atoms with Gasteiger partial charge in [-0.15, -0.1) is 0 Å². The van der Waals surface area contributed by atoms with Crippen molar-refractivity contribution in [2.45, 2.75) is 18.8 Å². The van der Waals surface area contributed by atoms with Gasteiger partial charge >= 0.3 is 0 Å². The van der Waals surface area contributed by atoms with E-state index in [1.54, 1.807) is 23.6 Å². The predicted molar refractivity (Wildman–Crippen MR) is 127 cm³/mol. The predicted octanol–water partition coefficient (Wildman–Crippen LogP) is 3.29. The van der Waals surface area contributed by atoms with Gasteiger partial charge < -0.3 is 15.5 Å². The highest BCUT2D eigenvalue weighted by Gasteiger charge is 2.49. The summed E-state index contributed by atoms with van der Waals surface area (Å²) in [6, 6.07) is 9.45. The van der Waals surface area contributed by atoms with Gasteiger partial charge in [-0.2, -0.15) is 0 Å². The zero-order valence-electron chi connectivity index (χ0n) is 18.9. The number of imidazole rings is 1. The van der Waals surface area contributed by atoms with E-state index in [-0.39, 0.29) is 35.4 Å². The van der Waals surface area contributed by atoms with Crippen LogP contribution in [0.3, 0.4) is 0 Å². The Hall–Kier alpha value is -4.80. The topological polar surface area (TPSA) is 124 Å². The van der Waals surface area contributed by atoms with Crippen molar-refractivity contribution < 1.29 is 13.6 Å². The van der Waals surface area contributed by atoms with Crippen LogP contribution in [0.1, 0.15) is 29.6 Å². The molecule has 1 amide bonds. The minimum absolute atomic E-state index is 0.0384. The first-order valence-corrected chi connectivity index (χ1v) is 11.0. The summed E-state index contributed by atoms with van der Waals surface area (Å²) in [5, 5.41) is 2.78. The fraction of sp³-hybridized carbons (Fsp3) is 0.120. The minimum Gasteiger partial charge on any atom is -0.383 e. The number of halogens is 2. The second-order valence-electron chi connectivity index (χ2n) is 8.55. The molecule has 0 saturated carbocycles. The fourth-order valence-corrected chi connectivity index (χ4v) is 4.56. The molecular weight excluding hydrogens is 466 g/mol. The molecule has 3 N–H and O–H groups in total. The van der Waals surface area contributed by atoms with E-state index in [9.17, 15) is 13.6 Å². The molecule has 0 fully saturated rings. The van der Waals surface area contributed by atoms with E-state index in [1.165, 1.54) is 30.7 Å². The van der Waals surface area contributed by atoms with Crippen molar-refractivity contribution in [1.82, 2.24) is 29.3 Å². The second-order valence-corrected chi connectivity index (χ2v) is 8.55. The van der Waals surface area contributed by atoms with Crippen LogP contribution in [0.4, 0.5) is 20.4 Å². The third-order valence-corrected chi connectivity index (χ3v) is 6.41. The Morgan fingerprint density at radius 1 is 1.08 bits per heavy atom. The largest absolute Gasteiger partial charge is 0.383 e. The maximum absolute atomic E-state index is 14.4. The number of benzene rings is 1. The highest BCUT2D eigenvalue weighted by molar-refractivity contribution is 6.08. The Labute approximate surface area is 203 Å². The third kappa shape index (κ3) is 3.13. The number of amides is 1. The van der Waals surface area contributed by atoms with Gasteiger partial charge in [0.1, 0.15) is 28.6 Å². The first-order chi connectivity index (χ1) is 17.4. The highest BCUT2D eigenvalue weighted by Crippen LogP contribution is 2.44. The van der Waals surface area contributed by atoms with Crippen LogP contribution in [0.15, 0.2) is 61.2 Å². The first-order valence-electron chi connectivity index (χ1n) is 11.0. The lowest BCUT2D eigenvalue weighted by Gasteiger charge is -2.21. The van der Waals surface area contributed by atoms with Crippen LogP contribution < -0.4 is 11.1 Å². The van der Waals surface area contributed by atoms with Gasteiger partial charge in [-0.3, -0.25) is 14.8 Å². The lowest BCUT2D eigenvalue weighted by atomic mass is 9.81. The maximum atomic E-state index is 14.4. The van der Waals surface area contributed by atoms with E-state index in [1.807, 2.05) is 12.1 Å². The number of carbonyl (C=O) groups is 1. The summed E-state index contributed by atoms with van der Waals surface area (Å²) in [5.41, 5.74) is 7.17. The van der Waals surface area contributed by atoms with Crippen molar-refractivity contribution in [3.05, 3.63) is 95.5 Å². The average Bonchev–Trinajstić information content (AvgIpc) is 3.38. The van der Waals surface area contributed by atoms with Crippen molar-refractivity contribution in [3.8, 4) is 11.5 Å². The molecule has 0 saturated heterocycles. The number of nitrogens with two attached hydrogens (primary N) is 1. The third-order valence-electron chi connectivity index (χ3n) is 6.41. The highest BCUT2D eigenvalue weighted by atomic mass is 19.2.